The molecule has 7 nitrogen and oxygen atoms in total. The molecule has 178 valence electrons. The molecule has 35 heavy (non-hydrogen) atoms. The summed E-state index contributed by atoms with van der Waals surface area (Å²) in [6.07, 6.45) is 6.74. The Hall–Kier alpha value is -3.97. The van der Waals surface area contributed by atoms with Crippen molar-refractivity contribution >= 4 is 23.4 Å². The van der Waals surface area contributed by atoms with Gasteiger partial charge in [0.2, 0.25) is 11.8 Å². The standard InChI is InChI=1S/C28H29N5O2/c1-3-27(34)29-21-9-13-23(14-10-21)35-28-24-5-4-6-25(24)30-26(31-28)19-20-7-11-22(12-8-20)33-17-15-32(2)16-18-33/h3-5,7-14H,1,6,15-19H2,2H3,(H,29,34). The van der Waals surface area contributed by atoms with E-state index < -0.39 is 0 Å². The number of amides is 1. The molecule has 5 rings (SSSR count). The van der Waals surface area contributed by atoms with Crippen LogP contribution >= 0.6 is 0 Å². The number of nitrogens with zero attached hydrogens (tertiary/aromatic N) is 4. The molecular weight excluding hydrogens is 438 g/mol. The van der Waals surface area contributed by atoms with E-state index in [2.05, 4.69) is 59.1 Å². The van der Waals surface area contributed by atoms with E-state index in [1.54, 1.807) is 12.1 Å². The number of allylic oxidation sites excluding steroid dienone is 1. The van der Waals surface area contributed by atoms with E-state index in [1.165, 1.54) is 17.3 Å². The number of hydrogen-bond acceptors (Lipinski definition) is 6. The van der Waals surface area contributed by atoms with Crippen LogP contribution in [0.3, 0.4) is 0 Å². The van der Waals surface area contributed by atoms with Gasteiger partial charge in [0.25, 0.3) is 0 Å². The number of piperazine rings is 1. The minimum atomic E-state index is -0.251. The summed E-state index contributed by atoms with van der Waals surface area (Å²) in [7, 11) is 2.17. The summed E-state index contributed by atoms with van der Waals surface area (Å²) in [5.74, 6) is 1.68. The number of fused-ring (bicyclic) bond motifs is 1. The molecule has 1 saturated heterocycles. The third-order valence-electron chi connectivity index (χ3n) is 6.32. The van der Waals surface area contributed by atoms with Crippen LogP contribution in [0, 0.1) is 0 Å². The van der Waals surface area contributed by atoms with Crippen molar-refractivity contribution in [2.45, 2.75) is 12.8 Å². The number of carbonyl (C=O) groups excluding carboxylic acids is 1. The van der Waals surface area contributed by atoms with Crippen LogP contribution in [0.4, 0.5) is 11.4 Å². The Bertz CT molecular complexity index is 1240. The number of carbonyl (C=O) groups is 1. The van der Waals surface area contributed by atoms with E-state index in [0.717, 1.165) is 49.7 Å². The Morgan fingerprint density at radius 1 is 1.06 bits per heavy atom. The predicted octanol–water partition coefficient (Wildman–Crippen LogP) is 4.31. The van der Waals surface area contributed by atoms with Gasteiger partial charge in [-0.15, -0.1) is 0 Å². The van der Waals surface area contributed by atoms with Gasteiger partial charge in [0, 0.05) is 50.4 Å². The number of nitrogens with one attached hydrogen (secondary N) is 1. The number of likely N-dealkylation sites (N-methyl/N-ethyl adjacent to an activating group) is 1. The average molecular weight is 468 g/mol. The zero-order valence-corrected chi connectivity index (χ0v) is 19.9. The predicted molar refractivity (Wildman–Crippen MR) is 139 cm³/mol. The summed E-state index contributed by atoms with van der Waals surface area (Å²) >= 11 is 0. The lowest BCUT2D eigenvalue weighted by molar-refractivity contribution is -0.111. The Labute approximate surface area is 205 Å². The van der Waals surface area contributed by atoms with Gasteiger partial charge in [-0.05, 0) is 55.1 Å². The number of rotatable bonds is 7. The quantitative estimate of drug-likeness (QED) is 0.523. The molecule has 2 heterocycles. The Kier molecular flexibility index (Phi) is 6.59. The lowest BCUT2D eigenvalue weighted by atomic mass is 10.1. The van der Waals surface area contributed by atoms with Crippen molar-refractivity contribution in [2.24, 2.45) is 0 Å². The number of aromatic nitrogens is 2. The van der Waals surface area contributed by atoms with Crippen LogP contribution in [0.15, 0.2) is 67.3 Å². The van der Waals surface area contributed by atoms with Crippen LogP contribution in [-0.4, -0.2) is 54.0 Å². The molecule has 1 N–H and O–H groups in total. The first kappa shape index (κ1) is 22.8. The molecule has 2 aliphatic rings. The summed E-state index contributed by atoms with van der Waals surface area (Å²) in [5, 5.41) is 2.73. The van der Waals surface area contributed by atoms with Gasteiger partial charge in [-0.2, -0.15) is 4.98 Å². The maximum absolute atomic E-state index is 11.5. The van der Waals surface area contributed by atoms with E-state index in [-0.39, 0.29) is 5.91 Å². The third-order valence-corrected chi connectivity index (χ3v) is 6.32. The van der Waals surface area contributed by atoms with E-state index in [4.69, 9.17) is 14.7 Å². The maximum atomic E-state index is 11.5. The highest BCUT2D eigenvalue weighted by Crippen LogP contribution is 2.31. The fourth-order valence-electron chi connectivity index (χ4n) is 4.29. The van der Waals surface area contributed by atoms with E-state index >= 15 is 0 Å². The highest BCUT2D eigenvalue weighted by Gasteiger charge is 2.18. The molecular formula is C28H29N5O2. The molecule has 7 heteroatoms. The van der Waals surface area contributed by atoms with Crippen LogP contribution in [0.25, 0.3) is 6.08 Å². The first-order chi connectivity index (χ1) is 17.1. The maximum Gasteiger partial charge on any atom is 0.247 e. The summed E-state index contributed by atoms with van der Waals surface area (Å²) < 4.78 is 6.15. The first-order valence-corrected chi connectivity index (χ1v) is 11.9. The summed E-state index contributed by atoms with van der Waals surface area (Å²) in [6, 6.07) is 15.9. The zero-order valence-electron chi connectivity index (χ0n) is 19.9. The van der Waals surface area contributed by atoms with Gasteiger partial charge < -0.3 is 19.9 Å². The lowest BCUT2D eigenvalue weighted by Gasteiger charge is -2.34. The van der Waals surface area contributed by atoms with Crippen molar-refractivity contribution in [2.75, 3.05) is 43.4 Å². The highest BCUT2D eigenvalue weighted by molar-refractivity contribution is 5.98. The normalized spacial score (nSPS) is 15.1. The van der Waals surface area contributed by atoms with Crippen LogP contribution in [0.2, 0.25) is 0 Å². The Morgan fingerprint density at radius 3 is 2.51 bits per heavy atom. The molecule has 1 amide bonds. The van der Waals surface area contributed by atoms with Gasteiger partial charge >= 0.3 is 0 Å². The Balaban J connectivity index is 1.30. The molecule has 2 aromatic carbocycles. The molecule has 1 aromatic heterocycles. The topological polar surface area (TPSA) is 70.6 Å². The van der Waals surface area contributed by atoms with Crippen LogP contribution in [-0.2, 0) is 17.6 Å². The highest BCUT2D eigenvalue weighted by atomic mass is 16.5. The molecule has 3 aromatic rings. The second kappa shape index (κ2) is 10.1. The molecule has 0 atom stereocenters. The van der Waals surface area contributed by atoms with Crippen molar-refractivity contribution in [3.05, 3.63) is 89.9 Å². The van der Waals surface area contributed by atoms with Crippen molar-refractivity contribution in [3.63, 3.8) is 0 Å². The van der Waals surface area contributed by atoms with E-state index in [1.807, 2.05) is 18.2 Å². The molecule has 1 fully saturated rings. The van der Waals surface area contributed by atoms with Crippen molar-refractivity contribution in [3.8, 4) is 11.6 Å². The monoisotopic (exact) mass is 467 g/mol. The number of anilines is 2. The fourth-order valence-corrected chi connectivity index (χ4v) is 4.29. The minimum absolute atomic E-state index is 0.251. The SMILES string of the molecule is C=CC(=O)Nc1ccc(Oc2nc(Cc3ccc(N4CCN(C)CC4)cc3)nc3c2C=CC3)cc1. The van der Waals surface area contributed by atoms with Crippen LogP contribution in [0.5, 0.6) is 11.6 Å². The smallest absolute Gasteiger partial charge is 0.247 e. The minimum Gasteiger partial charge on any atom is -0.438 e. The molecule has 0 unspecified atom stereocenters. The fraction of sp³-hybridized carbons (Fsp3) is 0.250. The van der Waals surface area contributed by atoms with Gasteiger partial charge in [0.15, 0.2) is 0 Å². The van der Waals surface area contributed by atoms with Gasteiger partial charge in [-0.25, -0.2) is 4.98 Å². The number of benzene rings is 2. The lowest BCUT2D eigenvalue weighted by Crippen LogP contribution is -2.44. The first-order valence-electron chi connectivity index (χ1n) is 11.9. The molecule has 0 radical (unpaired) electrons. The molecule has 0 spiro atoms. The number of hydrogen-bond donors (Lipinski definition) is 1. The van der Waals surface area contributed by atoms with Crippen molar-refractivity contribution < 1.29 is 9.53 Å². The van der Waals surface area contributed by atoms with Crippen molar-refractivity contribution in [1.82, 2.24) is 14.9 Å². The van der Waals surface area contributed by atoms with Gasteiger partial charge in [0.1, 0.15) is 11.6 Å². The number of ether oxygens (including phenoxy) is 1. The molecule has 0 bridgehead atoms. The van der Waals surface area contributed by atoms with Crippen LogP contribution < -0.4 is 15.0 Å². The van der Waals surface area contributed by atoms with Gasteiger partial charge in [-0.3, -0.25) is 4.79 Å². The second-order valence-corrected chi connectivity index (χ2v) is 8.87. The van der Waals surface area contributed by atoms with E-state index in [9.17, 15) is 4.79 Å². The second-order valence-electron chi connectivity index (χ2n) is 8.87. The third kappa shape index (κ3) is 5.41. The summed E-state index contributed by atoms with van der Waals surface area (Å²) in [6.45, 7) is 7.76. The van der Waals surface area contributed by atoms with E-state index in [0.29, 0.717) is 23.7 Å². The molecule has 1 aliphatic carbocycles. The van der Waals surface area contributed by atoms with Gasteiger partial charge in [-0.1, -0.05) is 30.9 Å². The summed E-state index contributed by atoms with van der Waals surface area (Å²) in [5.41, 5.74) is 5.01. The average Bonchev–Trinajstić information content (AvgIpc) is 3.35. The molecule has 0 saturated carbocycles. The van der Waals surface area contributed by atoms with Crippen molar-refractivity contribution in [1.29, 1.82) is 0 Å². The largest absolute Gasteiger partial charge is 0.438 e. The molecule has 1 aliphatic heterocycles. The summed E-state index contributed by atoms with van der Waals surface area (Å²) in [4.78, 5) is 25.8. The van der Waals surface area contributed by atoms with Crippen LogP contribution in [0.1, 0.15) is 22.6 Å². The zero-order chi connectivity index (χ0) is 24.2. The Morgan fingerprint density at radius 2 is 1.80 bits per heavy atom. The van der Waals surface area contributed by atoms with Gasteiger partial charge in [0.05, 0.1) is 11.3 Å².